The van der Waals surface area contributed by atoms with Crippen molar-refractivity contribution in [3.63, 3.8) is 0 Å². The van der Waals surface area contributed by atoms with Crippen LogP contribution < -0.4 is 5.73 Å². The van der Waals surface area contributed by atoms with Crippen LogP contribution in [0.25, 0.3) is 0 Å². The van der Waals surface area contributed by atoms with Crippen LogP contribution in [0.5, 0.6) is 0 Å². The summed E-state index contributed by atoms with van der Waals surface area (Å²) in [5, 5.41) is 0. The van der Waals surface area contributed by atoms with Gasteiger partial charge in [-0.2, -0.15) is 30.3 Å². The third-order valence-corrected chi connectivity index (χ3v) is 1.63. The Morgan fingerprint density at radius 2 is 1.85 bits per heavy atom. The molecule has 0 saturated carbocycles. The van der Waals surface area contributed by atoms with E-state index in [1.165, 1.54) is 5.56 Å². The third-order valence-electron chi connectivity index (χ3n) is 1.63. The summed E-state index contributed by atoms with van der Waals surface area (Å²) in [6.45, 7) is 2.00. The van der Waals surface area contributed by atoms with E-state index in [4.69, 9.17) is 5.73 Å². The zero-order valence-electron chi connectivity index (χ0n) is 7.55. The van der Waals surface area contributed by atoms with Crippen LogP contribution >= 0.6 is 0 Å². The van der Waals surface area contributed by atoms with Crippen molar-refractivity contribution >= 4 is 5.69 Å². The molecule has 2 aromatic carbocycles. The summed E-state index contributed by atoms with van der Waals surface area (Å²) in [6, 6.07) is 15.8. The van der Waals surface area contributed by atoms with E-state index in [0.717, 1.165) is 5.69 Å². The molecule has 0 aliphatic heterocycles. The van der Waals surface area contributed by atoms with Gasteiger partial charge < -0.3 is 5.73 Å². The molecule has 0 bridgehead atoms. The van der Waals surface area contributed by atoms with Gasteiger partial charge in [0.25, 0.3) is 0 Å². The van der Waals surface area contributed by atoms with Crippen LogP contribution in [0.2, 0.25) is 0 Å². The Kier molecular flexibility index (Phi) is 6.03. The maximum atomic E-state index is 5.44. The first-order chi connectivity index (χ1) is 5.80. The van der Waals surface area contributed by atoms with E-state index in [0.29, 0.717) is 0 Å². The Labute approximate surface area is 89.8 Å². The van der Waals surface area contributed by atoms with E-state index in [9.17, 15) is 0 Å². The van der Waals surface area contributed by atoms with Crippen LogP contribution in [0, 0.1) is 6.92 Å². The molecule has 2 heteroatoms. The molecule has 0 radical (unpaired) electrons. The Morgan fingerprint density at radius 3 is 2.00 bits per heavy atom. The Hall–Kier alpha value is -0.981. The van der Waals surface area contributed by atoms with Gasteiger partial charge in [-0.25, -0.2) is 18.2 Å². The number of nitrogens with two attached hydrogens (primary N) is 1. The van der Waals surface area contributed by atoms with E-state index in [-0.39, 0.29) is 17.1 Å². The Bertz CT molecular complexity index is 262. The van der Waals surface area contributed by atoms with Gasteiger partial charge in [-0.05, 0) is 0 Å². The number of anilines is 1. The molecule has 0 aliphatic carbocycles. The second-order valence-corrected chi connectivity index (χ2v) is 2.63. The normalized spacial score (nSPS) is 8.08. The van der Waals surface area contributed by atoms with E-state index < -0.39 is 0 Å². The van der Waals surface area contributed by atoms with E-state index in [1.807, 2.05) is 55.5 Å². The van der Waals surface area contributed by atoms with Crippen molar-refractivity contribution < 1.29 is 17.1 Å². The predicted molar refractivity (Wildman–Crippen MR) is 53.2 cm³/mol. The second-order valence-electron chi connectivity index (χ2n) is 2.63. The number of nitrogen functional groups attached to an aromatic ring is 1. The average Bonchev–Trinajstić information content (AvgIpc) is 2.67. The number of aryl methyl sites for hydroxylation is 1. The molecule has 0 atom stereocenters. The molecule has 1 nitrogen and oxygen atoms in total. The summed E-state index contributed by atoms with van der Waals surface area (Å²) in [4.78, 5) is 0. The largest absolute Gasteiger partial charge is 2.00 e. The van der Waals surface area contributed by atoms with Crippen molar-refractivity contribution in [3.05, 3.63) is 54.1 Å². The van der Waals surface area contributed by atoms with E-state index in [2.05, 4.69) is 0 Å². The molecule has 0 spiro atoms. The molecule has 13 heavy (non-hydrogen) atoms. The van der Waals surface area contributed by atoms with Gasteiger partial charge in [-0.1, -0.05) is 12.6 Å². The van der Waals surface area contributed by atoms with Crippen molar-refractivity contribution in [2.75, 3.05) is 5.73 Å². The maximum Gasteiger partial charge on any atom is 2.00 e. The summed E-state index contributed by atoms with van der Waals surface area (Å²) in [7, 11) is 0. The molecule has 0 aromatic heterocycles. The maximum absolute atomic E-state index is 5.44. The Balaban J connectivity index is 0.000000215. The fraction of sp³-hybridized carbons (Fsp3) is 0.0909. The van der Waals surface area contributed by atoms with Gasteiger partial charge >= 0.3 is 17.1 Å². The van der Waals surface area contributed by atoms with Crippen LogP contribution in [0.1, 0.15) is 5.56 Å². The van der Waals surface area contributed by atoms with Crippen LogP contribution in [-0.2, 0) is 17.1 Å². The number of rotatable bonds is 0. The van der Waals surface area contributed by atoms with Crippen LogP contribution in [0.15, 0.2) is 48.5 Å². The molecule has 70 valence electrons. The topological polar surface area (TPSA) is 26.0 Å². The third kappa shape index (κ3) is 4.56. The summed E-state index contributed by atoms with van der Waals surface area (Å²) in [6.07, 6.45) is 0. The summed E-state index contributed by atoms with van der Waals surface area (Å²) >= 11 is 0. The summed E-state index contributed by atoms with van der Waals surface area (Å²) in [5.41, 5.74) is 7.50. The van der Waals surface area contributed by atoms with Gasteiger partial charge in [0.2, 0.25) is 0 Å². The fourth-order valence-corrected chi connectivity index (χ4v) is 0.845. The minimum Gasteiger partial charge on any atom is -0.420 e. The van der Waals surface area contributed by atoms with Crippen LogP contribution in [0.3, 0.4) is 0 Å². The standard InChI is InChI=1S/C6H8N.C5H5.Fe/c1-5-3-2-4-6(5)7;1-2-4-5-3-1;/h2-4H,7H2,1H3;1-5H;/q2*-1;+2. The van der Waals surface area contributed by atoms with Gasteiger partial charge in [0.05, 0.1) is 0 Å². The first kappa shape index (κ1) is 12.0. The molecule has 2 N–H and O–H groups in total. The quantitative estimate of drug-likeness (QED) is 0.530. The van der Waals surface area contributed by atoms with Crippen molar-refractivity contribution in [2.45, 2.75) is 6.92 Å². The zero-order chi connectivity index (χ0) is 8.81. The molecule has 0 unspecified atom stereocenters. The minimum absolute atomic E-state index is 0. The minimum atomic E-state index is 0. The van der Waals surface area contributed by atoms with Crippen molar-refractivity contribution in [1.82, 2.24) is 0 Å². The molecular formula is C11H13FeN. The van der Waals surface area contributed by atoms with Gasteiger partial charge in [0.15, 0.2) is 0 Å². The summed E-state index contributed by atoms with van der Waals surface area (Å²) < 4.78 is 0. The summed E-state index contributed by atoms with van der Waals surface area (Å²) in [5.74, 6) is 0. The van der Waals surface area contributed by atoms with Crippen LogP contribution in [-0.4, -0.2) is 0 Å². The van der Waals surface area contributed by atoms with E-state index in [1.54, 1.807) is 0 Å². The fourth-order valence-electron chi connectivity index (χ4n) is 0.845. The average molecular weight is 215 g/mol. The van der Waals surface area contributed by atoms with Gasteiger partial charge in [0, 0.05) is 0 Å². The molecular weight excluding hydrogens is 202 g/mol. The smallest absolute Gasteiger partial charge is 0.420 e. The van der Waals surface area contributed by atoms with Crippen LogP contribution in [0.4, 0.5) is 5.69 Å². The zero-order valence-corrected chi connectivity index (χ0v) is 8.65. The van der Waals surface area contributed by atoms with Crippen molar-refractivity contribution in [3.8, 4) is 0 Å². The number of hydrogen-bond acceptors (Lipinski definition) is 1. The van der Waals surface area contributed by atoms with Gasteiger partial charge in [-0.3, -0.25) is 0 Å². The second kappa shape index (κ2) is 6.53. The van der Waals surface area contributed by atoms with Gasteiger partial charge in [0.1, 0.15) is 0 Å². The Morgan fingerprint density at radius 1 is 1.23 bits per heavy atom. The molecule has 2 rings (SSSR count). The number of hydrogen-bond donors (Lipinski definition) is 1. The molecule has 0 aliphatic rings. The van der Waals surface area contributed by atoms with E-state index >= 15 is 0 Å². The first-order valence-electron chi connectivity index (χ1n) is 3.95. The van der Waals surface area contributed by atoms with Crippen molar-refractivity contribution in [1.29, 1.82) is 0 Å². The molecule has 0 heterocycles. The molecule has 0 fully saturated rings. The molecule has 0 saturated heterocycles. The molecule has 0 amide bonds. The van der Waals surface area contributed by atoms with Gasteiger partial charge in [-0.15, -0.1) is 5.56 Å². The van der Waals surface area contributed by atoms with Crippen molar-refractivity contribution in [2.24, 2.45) is 0 Å². The SMILES string of the molecule is C[c-]1cccc1N.[Fe+2].c1cc[cH-]c1. The predicted octanol–water partition coefficient (Wildman–Crippen LogP) is 2.70. The molecule has 2 aromatic rings. The first-order valence-corrected chi connectivity index (χ1v) is 3.95. The monoisotopic (exact) mass is 215 g/mol.